The Balaban J connectivity index is 1.71. The summed E-state index contributed by atoms with van der Waals surface area (Å²) in [4.78, 5) is 36.7. The average molecular weight is 432 g/mol. The summed E-state index contributed by atoms with van der Waals surface area (Å²) < 4.78 is 5.11. The highest BCUT2D eigenvalue weighted by Gasteiger charge is 2.22. The van der Waals surface area contributed by atoms with Crippen LogP contribution in [0.1, 0.15) is 22.0 Å². The van der Waals surface area contributed by atoms with Gasteiger partial charge in [0.2, 0.25) is 0 Å². The zero-order valence-corrected chi connectivity index (χ0v) is 17.7. The third-order valence-corrected chi connectivity index (χ3v) is 4.66. The van der Waals surface area contributed by atoms with Crippen molar-refractivity contribution in [3.8, 4) is 5.75 Å². The molecule has 0 aliphatic carbocycles. The molecule has 0 spiro atoms. The van der Waals surface area contributed by atoms with Crippen LogP contribution in [0.25, 0.3) is 0 Å². The SMILES string of the molecule is CNC(=O)NC(=O)C(Nc1ccc(C(=O)Nc2ccc(OC)cc2)cc1)c1ccccc1. The minimum atomic E-state index is -0.799. The van der Waals surface area contributed by atoms with Gasteiger partial charge in [-0.25, -0.2) is 4.79 Å². The number of anilines is 2. The van der Waals surface area contributed by atoms with Crippen molar-refractivity contribution in [3.63, 3.8) is 0 Å². The molecule has 0 aliphatic heterocycles. The monoisotopic (exact) mass is 432 g/mol. The topological polar surface area (TPSA) is 109 Å². The van der Waals surface area contributed by atoms with Crippen LogP contribution in [0.4, 0.5) is 16.2 Å². The molecule has 3 aromatic rings. The van der Waals surface area contributed by atoms with Crippen molar-refractivity contribution in [2.24, 2.45) is 0 Å². The summed E-state index contributed by atoms with van der Waals surface area (Å²) in [5.41, 5.74) is 2.41. The van der Waals surface area contributed by atoms with Crippen molar-refractivity contribution in [1.29, 1.82) is 0 Å². The molecule has 0 aliphatic rings. The number of rotatable bonds is 7. The molecule has 4 N–H and O–H groups in total. The number of methoxy groups -OCH3 is 1. The predicted octanol–water partition coefficient (Wildman–Crippen LogP) is 3.56. The van der Waals surface area contributed by atoms with Gasteiger partial charge in [-0.1, -0.05) is 30.3 Å². The molecule has 0 bridgehead atoms. The Morgan fingerprint density at radius 1 is 0.812 bits per heavy atom. The molecule has 1 unspecified atom stereocenters. The molecule has 1 atom stereocenters. The molecule has 0 aromatic heterocycles. The summed E-state index contributed by atoms with van der Waals surface area (Å²) in [5, 5.41) is 10.6. The summed E-state index contributed by atoms with van der Waals surface area (Å²) in [6, 6.07) is 21.4. The standard InChI is InChI=1S/C24H24N4O4/c1-25-24(31)28-23(30)21(16-6-4-3-5-7-16)26-18-10-8-17(9-11-18)22(29)27-19-12-14-20(32-2)15-13-19/h3-15,21,26H,1-2H3,(H,27,29)(H2,25,28,30,31). The quantitative estimate of drug-likeness (QED) is 0.457. The van der Waals surface area contributed by atoms with Crippen LogP contribution in [-0.2, 0) is 4.79 Å². The van der Waals surface area contributed by atoms with Gasteiger partial charge in [0.1, 0.15) is 11.8 Å². The van der Waals surface area contributed by atoms with Gasteiger partial charge < -0.3 is 20.7 Å². The van der Waals surface area contributed by atoms with Crippen LogP contribution in [0.2, 0.25) is 0 Å². The van der Waals surface area contributed by atoms with Crippen LogP contribution in [0.5, 0.6) is 5.75 Å². The highest BCUT2D eigenvalue weighted by atomic mass is 16.5. The number of hydrogen-bond acceptors (Lipinski definition) is 5. The lowest BCUT2D eigenvalue weighted by Crippen LogP contribution is -2.42. The molecule has 0 saturated carbocycles. The van der Waals surface area contributed by atoms with Gasteiger partial charge in [-0.2, -0.15) is 0 Å². The Bertz CT molecular complexity index is 1070. The Kier molecular flexibility index (Phi) is 7.42. The third-order valence-electron chi connectivity index (χ3n) is 4.66. The van der Waals surface area contributed by atoms with Gasteiger partial charge in [0.05, 0.1) is 7.11 Å². The first-order valence-electron chi connectivity index (χ1n) is 9.89. The smallest absolute Gasteiger partial charge is 0.321 e. The number of carbonyl (C=O) groups excluding carboxylic acids is 3. The Hall–Kier alpha value is -4.33. The van der Waals surface area contributed by atoms with Gasteiger partial charge in [-0.15, -0.1) is 0 Å². The maximum absolute atomic E-state index is 12.6. The molecule has 3 rings (SSSR count). The fourth-order valence-electron chi connectivity index (χ4n) is 2.95. The second-order valence-electron chi connectivity index (χ2n) is 6.82. The summed E-state index contributed by atoms with van der Waals surface area (Å²) in [6.45, 7) is 0. The lowest BCUT2D eigenvalue weighted by atomic mass is 10.1. The average Bonchev–Trinajstić information content (AvgIpc) is 2.83. The van der Waals surface area contributed by atoms with Crippen molar-refractivity contribution < 1.29 is 19.1 Å². The van der Waals surface area contributed by atoms with E-state index in [9.17, 15) is 14.4 Å². The largest absolute Gasteiger partial charge is 0.497 e. The van der Waals surface area contributed by atoms with E-state index in [0.29, 0.717) is 28.3 Å². The molecule has 0 heterocycles. The first kappa shape index (κ1) is 22.4. The molecule has 0 saturated heterocycles. The van der Waals surface area contributed by atoms with Crippen molar-refractivity contribution >= 4 is 29.2 Å². The maximum Gasteiger partial charge on any atom is 0.321 e. The minimum absolute atomic E-state index is 0.265. The van der Waals surface area contributed by atoms with E-state index < -0.39 is 18.0 Å². The van der Waals surface area contributed by atoms with E-state index in [4.69, 9.17) is 4.74 Å². The summed E-state index contributed by atoms with van der Waals surface area (Å²) >= 11 is 0. The number of amides is 4. The van der Waals surface area contributed by atoms with Crippen LogP contribution in [0.15, 0.2) is 78.9 Å². The van der Waals surface area contributed by atoms with E-state index in [1.165, 1.54) is 7.05 Å². The van der Waals surface area contributed by atoms with Crippen LogP contribution in [0.3, 0.4) is 0 Å². The first-order valence-corrected chi connectivity index (χ1v) is 9.89. The number of urea groups is 1. The molecular formula is C24H24N4O4. The highest BCUT2D eigenvalue weighted by Crippen LogP contribution is 2.21. The predicted molar refractivity (Wildman–Crippen MR) is 123 cm³/mol. The lowest BCUT2D eigenvalue weighted by molar-refractivity contribution is -0.120. The third kappa shape index (κ3) is 5.85. The van der Waals surface area contributed by atoms with Crippen molar-refractivity contribution in [2.45, 2.75) is 6.04 Å². The fourth-order valence-corrected chi connectivity index (χ4v) is 2.95. The van der Waals surface area contributed by atoms with Crippen LogP contribution in [0, 0.1) is 0 Å². The van der Waals surface area contributed by atoms with Crippen LogP contribution in [-0.4, -0.2) is 32.0 Å². The molecule has 3 aromatic carbocycles. The normalized spacial score (nSPS) is 11.1. The number of carbonyl (C=O) groups is 3. The highest BCUT2D eigenvalue weighted by molar-refractivity contribution is 6.04. The maximum atomic E-state index is 12.6. The van der Waals surface area contributed by atoms with Gasteiger partial charge in [0.15, 0.2) is 0 Å². The second kappa shape index (κ2) is 10.6. The fraction of sp³-hybridized carbons (Fsp3) is 0.125. The Labute approximate surface area is 186 Å². The molecule has 32 heavy (non-hydrogen) atoms. The van der Waals surface area contributed by atoms with E-state index in [1.54, 1.807) is 67.8 Å². The van der Waals surface area contributed by atoms with Crippen LogP contribution >= 0.6 is 0 Å². The second-order valence-corrected chi connectivity index (χ2v) is 6.82. The summed E-state index contributed by atoms with van der Waals surface area (Å²) in [7, 11) is 3.01. The summed E-state index contributed by atoms with van der Waals surface area (Å²) in [5.74, 6) is -0.0672. The van der Waals surface area contributed by atoms with Crippen molar-refractivity contribution in [1.82, 2.24) is 10.6 Å². The number of imide groups is 1. The zero-order valence-electron chi connectivity index (χ0n) is 17.7. The van der Waals surface area contributed by atoms with Crippen molar-refractivity contribution in [3.05, 3.63) is 90.0 Å². The Morgan fingerprint density at radius 3 is 2.03 bits per heavy atom. The van der Waals surface area contributed by atoms with E-state index >= 15 is 0 Å². The molecule has 164 valence electrons. The number of nitrogens with one attached hydrogen (secondary N) is 4. The summed E-state index contributed by atoms with van der Waals surface area (Å²) in [6.07, 6.45) is 0. The van der Waals surface area contributed by atoms with Crippen molar-refractivity contribution in [2.75, 3.05) is 24.8 Å². The number of ether oxygens (including phenoxy) is 1. The Morgan fingerprint density at radius 2 is 1.44 bits per heavy atom. The lowest BCUT2D eigenvalue weighted by Gasteiger charge is -2.19. The molecule has 0 fully saturated rings. The molecule has 8 nitrogen and oxygen atoms in total. The van der Waals surface area contributed by atoms with E-state index in [1.807, 2.05) is 18.2 Å². The van der Waals surface area contributed by atoms with Crippen LogP contribution < -0.4 is 26.0 Å². The van der Waals surface area contributed by atoms with Gasteiger partial charge >= 0.3 is 6.03 Å². The van der Waals surface area contributed by atoms with Gasteiger partial charge in [0.25, 0.3) is 11.8 Å². The van der Waals surface area contributed by atoms with E-state index in [0.717, 1.165) is 0 Å². The first-order chi connectivity index (χ1) is 15.5. The van der Waals surface area contributed by atoms with Gasteiger partial charge in [-0.3, -0.25) is 14.9 Å². The van der Waals surface area contributed by atoms with Gasteiger partial charge in [0, 0.05) is 24.0 Å². The number of hydrogen-bond donors (Lipinski definition) is 4. The molecular weight excluding hydrogens is 408 g/mol. The molecule has 4 amide bonds. The molecule has 0 radical (unpaired) electrons. The molecule has 8 heteroatoms. The number of benzene rings is 3. The minimum Gasteiger partial charge on any atom is -0.497 e. The zero-order chi connectivity index (χ0) is 22.9. The van der Waals surface area contributed by atoms with Gasteiger partial charge in [-0.05, 0) is 54.1 Å². The van der Waals surface area contributed by atoms with E-state index in [-0.39, 0.29) is 5.91 Å². The van der Waals surface area contributed by atoms with E-state index in [2.05, 4.69) is 21.3 Å².